The second-order valence-electron chi connectivity index (χ2n) is 6.69. The highest BCUT2D eigenvalue weighted by Gasteiger charge is 2.33. The summed E-state index contributed by atoms with van der Waals surface area (Å²) in [7, 11) is 0. The van der Waals surface area contributed by atoms with E-state index in [1.54, 1.807) is 12.5 Å². The van der Waals surface area contributed by atoms with Crippen LogP contribution in [0, 0.1) is 0 Å². The maximum absolute atomic E-state index is 12.9. The first-order valence-corrected chi connectivity index (χ1v) is 8.54. The lowest BCUT2D eigenvalue weighted by Gasteiger charge is -2.31. The molecule has 2 aliphatic rings. The van der Waals surface area contributed by atoms with Crippen molar-refractivity contribution in [3.05, 3.63) is 35.3 Å². The highest BCUT2D eigenvalue weighted by atomic mass is 16.5. The molecule has 0 unspecified atom stereocenters. The summed E-state index contributed by atoms with van der Waals surface area (Å²) >= 11 is 0. The molecular weight excluding hydrogens is 308 g/mol. The Morgan fingerprint density at radius 2 is 2.12 bits per heavy atom. The first-order chi connectivity index (χ1) is 11.6. The molecule has 128 valence electrons. The number of fused-ring (bicyclic) bond motifs is 1. The molecule has 1 saturated heterocycles. The summed E-state index contributed by atoms with van der Waals surface area (Å²) in [5, 5.41) is 7.30. The van der Waals surface area contributed by atoms with Crippen LogP contribution in [0.3, 0.4) is 0 Å². The van der Waals surface area contributed by atoms with E-state index in [0.717, 1.165) is 36.4 Å². The standard InChI is InChI=1S/C17H22N4O3/c1-10-9-13-14(11(2)24-10)19-20-15(13)17(22)21-6-3-12(4-7-21)16-18-5-8-23-16/h5,8,10-12H,3-4,6-7,9H2,1-2H3,(H,19,20)/t10-,11+/m1/s1. The van der Waals surface area contributed by atoms with Gasteiger partial charge in [0.15, 0.2) is 11.6 Å². The van der Waals surface area contributed by atoms with Crippen molar-refractivity contribution < 1.29 is 13.9 Å². The zero-order valence-corrected chi connectivity index (χ0v) is 14.0. The fourth-order valence-electron chi connectivity index (χ4n) is 3.77. The van der Waals surface area contributed by atoms with Gasteiger partial charge in [-0.3, -0.25) is 9.89 Å². The Hall–Kier alpha value is -2.15. The van der Waals surface area contributed by atoms with Crippen LogP contribution in [-0.2, 0) is 11.2 Å². The van der Waals surface area contributed by atoms with Crippen molar-refractivity contribution >= 4 is 5.91 Å². The van der Waals surface area contributed by atoms with Gasteiger partial charge in [-0.25, -0.2) is 4.98 Å². The second-order valence-corrected chi connectivity index (χ2v) is 6.69. The summed E-state index contributed by atoms with van der Waals surface area (Å²) in [5.74, 6) is 1.09. The molecule has 1 N–H and O–H groups in total. The number of aromatic nitrogens is 3. The van der Waals surface area contributed by atoms with Crippen LogP contribution < -0.4 is 0 Å². The first kappa shape index (κ1) is 15.4. The van der Waals surface area contributed by atoms with Gasteiger partial charge in [0.2, 0.25) is 0 Å². The van der Waals surface area contributed by atoms with Crippen molar-refractivity contribution in [3.63, 3.8) is 0 Å². The number of oxazole rings is 1. The summed E-state index contributed by atoms with van der Waals surface area (Å²) in [6, 6.07) is 0. The molecule has 24 heavy (non-hydrogen) atoms. The summed E-state index contributed by atoms with van der Waals surface area (Å²) in [4.78, 5) is 19.0. The van der Waals surface area contributed by atoms with E-state index < -0.39 is 0 Å². The van der Waals surface area contributed by atoms with E-state index in [2.05, 4.69) is 15.2 Å². The zero-order chi connectivity index (χ0) is 16.7. The number of H-pyrrole nitrogens is 1. The summed E-state index contributed by atoms with van der Waals surface area (Å²) in [6.45, 7) is 5.43. The number of likely N-dealkylation sites (tertiary alicyclic amines) is 1. The highest BCUT2D eigenvalue weighted by molar-refractivity contribution is 5.94. The number of ether oxygens (including phenoxy) is 1. The number of amides is 1. The lowest BCUT2D eigenvalue weighted by Crippen LogP contribution is -2.39. The largest absolute Gasteiger partial charge is 0.449 e. The van der Waals surface area contributed by atoms with Crippen LogP contribution in [0.25, 0.3) is 0 Å². The molecule has 0 bridgehead atoms. The smallest absolute Gasteiger partial charge is 0.274 e. The Labute approximate surface area is 140 Å². The number of nitrogens with zero attached hydrogens (tertiary/aromatic N) is 3. The molecule has 0 aromatic carbocycles. The molecular formula is C17H22N4O3. The van der Waals surface area contributed by atoms with Crippen LogP contribution >= 0.6 is 0 Å². The Balaban J connectivity index is 1.48. The van der Waals surface area contributed by atoms with Crippen LogP contribution in [0.4, 0.5) is 0 Å². The lowest BCUT2D eigenvalue weighted by molar-refractivity contribution is -0.00703. The minimum Gasteiger partial charge on any atom is -0.449 e. The maximum atomic E-state index is 12.9. The van der Waals surface area contributed by atoms with Crippen LogP contribution in [-0.4, -0.2) is 45.2 Å². The molecule has 1 fully saturated rings. The Kier molecular flexibility index (Phi) is 3.88. The van der Waals surface area contributed by atoms with Gasteiger partial charge in [0.1, 0.15) is 6.26 Å². The van der Waals surface area contributed by atoms with Crippen molar-refractivity contribution in [2.75, 3.05) is 13.1 Å². The van der Waals surface area contributed by atoms with Gasteiger partial charge in [-0.1, -0.05) is 0 Å². The van der Waals surface area contributed by atoms with Gasteiger partial charge < -0.3 is 14.1 Å². The van der Waals surface area contributed by atoms with Crippen LogP contribution in [0.15, 0.2) is 16.9 Å². The van der Waals surface area contributed by atoms with Gasteiger partial charge in [0, 0.05) is 31.0 Å². The fraction of sp³-hybridized carbons (Fsp3) is 0.588. The Bertz CT molecular complexity index is 716. The predicted octanol–water partition coefficient (Wildman–Crippen LogP) is 2.44. The van der Waals surface area contributed by atoms with E-state index >= 15 is 0 Å². The number of piperidine rings is 1. The fourth-order valence-corrected chi connectivity index (χ4v) is 3.77. The van der Waals surface area contributed by atoms with Gasteiger partial charge >= 0.3 is 0 Å². The van der Waals surface area contributed by atoms with Gasteiger partial charge in [0.05, 0.1) is 24.1 Å². The van der Waals surface area contributed by atoms with E-state index in [1.807, 2.05) is 18.7 Å². The monoisotopic (exact) mass is 330 g/mol. The van der Waals surface area contributed by atoms with Crippen molar-refractivity contribution in [1.29, 1.82) is 0 Å². The molecule has 0 radical (unpaired) electrons. The maximum Gasteiger partial charge on any atom is 0.274 e. The number of carbonyl (C=O) groups is 1. The van der Waals surface area contributed by atoms with Gasteiger partial charge in [0.25, 0.3) is 5.91 Å². The SMILES string of the molecule is C[C@@H]1Cc2c(C(=O)N3CCC(c4ncco4)CC3)n[nH]c2[C@H](C)O1. The third-order valence-electron chi connectivity index (χ3n) is 5.02. The van der Waals surface area contributed by atoms with E-state index in [9.17, 15) is 4.79 Å². The van der Waals surface area contributed by atoms with Crippen molar-refractivity contribution in [1.82, 2.24) is 20.1 Å². The number of hydrogen-bond acceptors (Lipinski definition) is 5. The van der Waals surface area contributed by atoms with E-state index in [-0.39, 0.29) is 18.1 Å². The normalized spacial score (nSPS) is 24.8. The number of hydrogen-bond donors (Lipinski definition) is 1. The van der Waals surface area contributed by atoms with E-state index in [1.165, 1.54) is 0 Å². The average molecular weight is 330 g/mol. The zero-order valence-electron chi connectivity index (χ0n) is 14.0. The number of aromatic amines is 1. The van der Waals surface area contributed by atoms with E-state index in [0.29, 0.717) is 24.7 Å². The second kappa shape index (κ2) is 6.05. The van der Waals surface area contributed by atoms with Crippen LogP contribution in [0.1, 0.15) is 66.3 Å². The Morgan fingerprint density at radius 3 is 2.83 bits per heavy atom. The van der Waals surface area contributed by atoms with Crippen LogP contribution in [0.5, 0.6) is 0 Å². The molecule has 2 aromatic heterocycles. The highest BCUT2D eigenvalue weighted by Crippen LogP contribution is 2.32. The number of nitrogens with one attached hydrogen (secondary N) is 1. The van der Waals surface area contributed by atoms with Crippen molar-refractivity contribution in [2.45, 2.75) is 51.2 Å². The minimum absolute atomic E-state index is 0.0136. The number of carbonyl (C=O) groups excluding carboxylic acids is 1. The molecule has 2 aliphatic heterocycles. The summed E-state index contributed by atoms with van der Waals surface area (Å²) in [5.41, 5.74) is 2.51. The number of rotatable bonds is 2. The van der Waals surface area contributed by atoms with Gasteiger partial charge in [-0.05, 0) is 26.7 Å². The van der Waals surface area contributed by atoms with Gasteiger partial charge in [-0.2, -0.15) is 5.10 Å². The molecule has 7 heteroatoms. The molecule has 7 nitrogen and oxygen atoms in total. The van der Waals surface area contributed by atoms with E-state index in [4.69, 9.17) is 9.15 Å². The quantitative estimate of drug-likeness (QED) is 0.914. The molecule has 0 saturated carbocycles. The van der Waals surface area contributed by atoms with Crippen molar-refractivity contribution in [3.8, 4) is 0 Å². The Morgan fingerprint density at radius 1 is 1.33 bits per heavy atom. The predicted molar refractivity (Wildman–Crippen MR) is 85.6 cm³/mol. The summed E-state index contributed by atoms with van der Waals surface area (Å²) < 4.78 is 11.2. The average Bonchev–Trinajstić information content (AvgIpc) is 3.24. The van der Waals surface area contributed by atoms with Gasteiger partial charge in [-0.15, -0.1) is 0 Å². The minimum atomic E-state index is -0.0476. The van der Waals surface area contributed by atoms with Crippen molar-refractivity contribution in [2.24, 2.45) is 0 Å². The third-order valence-corrected chi connectivity index (χ3v) is 5.02. The molecule has 4 rings (SSSR count). The lowest BCUT2D eigenvalue weighted by atomic mass is 9.95. The molecule has 2 atom stereocenters. The third kappa shape index (κ3) is 2.62. The molecule has 1 amide bonds. The molecule has 0 aliphatic carbocycles. The topological polar surface area (TPSA) is 84.3 Å². The van der Waals surface area contributed by atoms with Crippen LogP contribution in [0.2, 0.25) is 0 Å². The summed E-state index contributed by atoms with van der Waals surface area (Å²) in [6.07, 6.45) is 5.80. The molecule has 0 spiro atoms. The first-order valence-electron chi connectivity index (χ1n) is 8.54. The molecule has 4 heterocycles. The molecule has 2 aromatic rings.